The van der Waals surface area contributed by atoms with E-state index >= 15 is 0 Å². The quantitative estimate of drug-likeness (QED) is 0.247. The fourth-order valence-corrected chi connectivity index (χ4v) is 1.97. The van der Waals surface area contributed by atoms with Crippen molar-refractivity contribution in [2.45, 2.75) is 115 Å². The second-order valence-corrected chi connectivity index (χ2v) is 6.42. The molecule has 6 heteroatoms. The molecule has 0 bridgehead atoms. The first kappa shape index (κ1) is 47.7. The van der Waals surface area contributed by atoms with Crippen molar-refractivity contribution < 1.29 is 18.1 Å². The summed E-state index contributed by atoms with van der Waals surface area (Å²) in [5, 5.41) is 0. The zero-order valence-electron chi connectivity index (χ0n) is 26.3. The van der Waals surface area contributed by atoms with Crippen LogP contribution in [0.2, 0.25) is 6.82 Å². The molecule has 36 heavy (non-hydrogen) atoms. The fourth-order valence-electron chi connectivity index (χ4n) is 1.97. The van der Waals surface area contributed by atoms with Crippen molar-refractivity contribution in [3.63, 3.8) is 0 Å². The molecule has 0 atom stereocenters. The Morgan fingerprint density at radius 1 is 0.528 bits per heavy atom. The lowest BCUT2D eigenvalue weighted by Crippen LogP contribution is -2.41. The molecule has 214 valence electrons. The smallest absolute Gasteiger partial charge is 0.403 e. The molecule has 0 N–H and O–H groups in total. The maximum absolute atomic E-state index is 11.9. The summed E-state index contributed by atoms with van der Waals surface area (Å²) in [6, 6.07) is 15.9. The van der Waals surface area contributed by atoms with E-state index in [0.717, 1.165) is 0 Å². The van der Waals surface area contributed by atoms with Crippen molar-refractivity contribution in [1.29, 1.82) is 0 Å². The summed E-state index contributed by atoms with van der Waals surface area (Å²) in [5.41, 5.74) is -0.321. The lowest BCUT2D eigenvalue weighted by atomic mass is 9.90. The van der Waals surface area contributed by atoms with E-state index in [0.29, 0.717) is 0 Å². The standard InChI is InChI=1S/C7H15BO2.2C6H5F.5C2H6.CH3Cl/c1-6(2)7(3,4)10-8(5)9-6;2*7-6-4-2-1-3-5-6;6*1-2/h1-5H3;2*1-5H;5*1-2H3;1H3. The van der Waals surface area contributed by atoms with E-state index in [1.165, 1.54) is 30.6 Å². The number of benzene rings is 2. The highest BCUT2D eigenvalue weighted by atomic mass is 35.5. The second-order valence-electron chi connectivity index (χ2n) is 6.42. The average molecular weight is 535 g/mol. The lowest BCUT2D eigenvalue weighted by Gasteiger charge is -2.32. The molecular formula is C30H58BClF2O2. The van der Waals surface area contributed by atoms with E-state index in [9.17, 15) is 8.78 Å². The van der Waals surface area contributed by atoms with E-state index in [2.05, 4.69) is 39.3 Å². The molecule has 0 saturated carbocycles. The minimum absolute atomic E-state index is 0.0648. The predicted molar refractivity (Wildman–Crippen MR) is 163 cm³/mol. The molecule has 0 radical (unpaired) electrons. The Bertz CT molecular complexity index is 545. The second kappa shape index (κ2) is 35.7. The highest BCUT2D eigenvalue weighted by molar-refractivity contribution is 6.43. The van der Waals surface area contributed by atoms with Gasteiger partial charge in [-0.25, -0.2) is 8.78 Å². The van der Waals surface area contributed by atoms with Crippen LogP contribution in [0.25, 0.3) is 0 Å². The molecule has 2 nitrogen and oxygen atoms in total. The van der Waals surface area contributed by atoms with Gasteiger partial charge in [-0.05, 0) is 58.8 Å². The largest absolute Gasteiger partial charge is 0.454 e. The first-order valence-corrected chi connectivity index (χ1v) is 14.0. The van der Waals surface area contributed by atoms with Gasteiger partial charge in [0.2, 0.25) is 0 Å². The van der Waals surface area contributed by atoms with Crippen molar-refractivity contribution in [1.82, 2.24) is 0 Å². The van der Waals surface area contributed by atoms with Crippen LogP contribution < -0.4 is 0 Å². The van der Waals surface area contributed by atoms with Crippen LogP contribution in [0.15, 0.2) is 60.7 Å². The van der Waals surface area contributed by atoms with Crippen molar-refractivity contribution in [3.05, 3.63) is 72.3 Å². The summed E-state index contributed by atoms with van der Waals surface area (Å²) >= 11 is 4.64. The zero-order chi connectivity index (χ0) is 30.2. The van der Waals surface area contributed by atoms with Crippen LogP contribution in [0.1, 0.15) is 96.9 Å². The van der Waals surface area contributed by atoms with Crippen LogP contribution in [0.3, 0.4) is 0 Å². The highest BCUT2D eigenvalue weighted by Gasteiger charge is 2.48. The Labute approximate surface area is 230 Å². The predicted octanol–water partition coefficient (Wildman–Crippen LogP) is 11.3. The van der Waals surface area contributed by atoms with Crippen LogP contribution in [0, 0.1) is 11.6 Å². The van der Waals surface area contributed by atoms with Crippen LogP contribution >= 0.6 is 11.6 Å². The third-order valence-electron chi connectivity index (χ3n) is 3.84. The Morgan fingerprint density at radius 3 is 0.806 bits per heavy atom. The van der Waals surface area contributed by atoms with Crippen molar-refractivity contribution in [3.8, 4) is 0 Å². The number of hydrogen-bond donors (Lipinski definition) is 0. The molecule has 1 aliphatic rings. The van der Waals surface area contributed by atoms with Crippen LogP contribution in [0.4, 0.5) is 8.78 Å². The van der Waals surface area contributed by atoms with E-state index < -0.39 is 0 Å². The van der Waals surface area contributed by atoms with Gasteiger partial charge in [0.15, 0.2) is 0 Å². The zero-order valence-corrected chi connectivity index (χ0v) is 27.1. The Kier molecular flexibility index (Phi) is 47.4. The van der Waals surface area contributed by atoms with Gasteiger partial charge < -0.3 is 9.31 Å². The number of alkyl halides is 1. The molecule has 1 aliphatic heterocycles. The third-order valence-corrected chi connectivity index (χ3v) is 3.84. The minimum Gasteiger partial charge on any atom is -0.403 e. The molecule has 0 spiro atoms. The summed E-state index contributed by atoms with van der Waals surface area (Å²) in [6.07, 6.45) is 1.47. The first-order chi connectivity index (χ1) is 17.1. The van der Waals surface area contributed by atoms with Gasteiger partial charge in [0.05, 0.1) is 11.2 Å². The van der Waals surface area contributed by atoms with Gasteiger partial charge in [0.1, 0.15) is 11.6 Å². The molecular weight excluding hydrogens is 477 g/mol. The summed E-state index contributed by atoms with van der Waals surface area (Å²) in [4.78, 5) is 0. The van der Waals surface area contributed by atoms with Crippen molar-refractivity contribution in [2.75, 3.05) is 6.38 Å². The highest BCUT2D eigenvalue weighted by Crippen LogP contribution is 2.36. The van der Waals surface area contributed by atoms with Gasteiger partial charge in [-0.3, -0.25) is 0 Å². The third kappa shape index (κ3) is 28.8. The van der Waals surface area contributed by atoms with Gasteiger partial charge in [-0.15, -0.1) is 11.6 Å². The maximum Gasteiger partial charge on any atom is 0.454 e. The molecule has 0 aromatic heterocycles. The van der Waals surface area contributed by atoms with Gasteiger partial charge in [-0.2, -0.15) is 0 Å². The summed E-state index contributed by atoms with van der Waals surface area (Å²) < 4.78 is 34.9. The van der Waals surface area contributed by atoms with Crippen LogP contribution in [-0.4, -0.2) is 24.7 Å². The normalized spacial score (nSPS) is 12.5. The topological polar surface area (TPSA) is 18.5 Å². The molecule has 3 rings (SSSR count). The van der Waals surface area contributed by atoms with E-state index in [1.54, 1.807) is 36.4 Å². The minimum atomic E-state index is -0.178. The monoisotopic (exact) mass is 534 g/mol. The number of halogens is 3. The van der Waals surface area contributed by atoms with Crippen LogP contribution in [-0.2, 0) is 9.31 Å². The number of hydrogen-bond acceptors (Lipinski definition) is 2. The van der Waals surface area contributed by atoms with Gasteiger partial charge in [0.25, 0.3) is 0 Å². The van der Waals surface area contributed by atoms with Crippen molar-refractivity contribution >= 4 is 18.7 Å². The molecule has 2 aromatic carbocycles. The summed E-state index contributed by atoms with van der Waals surface area (Å²) in [5.74, 6) is -0.356. The Balaban J connectivity index is -0.0000000783. The van der Waals surface area contributed by atoms with Gasteiger partial charge in [0, 0.05) is 6.38 Å². The summed E-state index contributed by atoms with van der Waals surface area (Å²) in [6.45, 7) is 30.1. The SMILES string of the molecule is CB1OC(C)(C)C(C)(C)O1.CC.CC.CC.CC.CC.CCl.Fc1ccccc1.Fc1ccccc1. The molecule has 1 fully saturated rings. The maximum atomic E-state index is 11.9. The molecule has 1 saturated heterocycles. The van der Waals surface area contributed by atoms with E-state index in [1.807, 2.05) is 76.1 Å². The van der Waals surface area contributed by atoms with Gasteiger partial charge >= 0.3 is 7.12 Å². The molecule has 0 unspecified atom stereocenters. The Morgan fingerprint density at radius 2 is 0.722 bits per heavy atom. The molecule has 2 aromatic rings. The summed E-state index contributed by atoms with van der Waals surface area (Å²) in [7, 11) is -0.0648. The average Bonchev–Trinajstić information content (AvgIpc) is 3.12. The Hall–Kier alpha value is -1.43. The van der Waals surface area contributed by atoms with E-state index in [-0.39, 0.29) is 30.0 Å². The van der Waals surface area contributed by atoms with E-state index in [4.69, 9.17) is 9.31 Å². The van der Waals surface area contributed by atoms with Crippen LogP contribution in [0.5, 0.6) is 0 Å². The van der Waals surface area contributed by atoms with Gasteiger partial charge in [-0.1, -0.05) is 106 Å². The molecule has 0 aliphatic carbocycles. The lowest BCUT2D eigenvalue weighted by molar-refractivity contribution is 0.00578. The van der Waals surface area contributed by atoms with Crippen molar-refractivity contribution in [2.24, 2.45) is 0 Å². The first-order valence-electron chi connectivity index (χ1n) is 13.3. The molecule has 1 heterocycles. The molecule has 0 amide bonds. The number of rotatable bonds is 0. The fraction of sp³-hybridized carbons (Fsp3) is 0.600.